The van der Waals surface area contributed by atoms with E-state index in [2.05, 4.69) is 16.2 Å². The van der Waals surface area contributed by atoms with Gasteiger partial charge in [-0.2, -0.15) is 0 Å². The van der Waals surface area contributed by atoms with Gasteiger partial charge in [0, 0.05) is 29.3 Å². The lowest BCUT2D eigenvalue weighted by Crippen LogP contribution is -2.42. The molecule has 3 N–H and O–H groups in total. The van der Waals surface area contributed by atoms with Gasteiger partial charge >= 0.3 is 0 Å². The molecule has 2 rings (SSSR count). The molecule has 0 heterocycles. The minimum atomic E-state index is -0.603. The lowest BCUT2D eigenvalue weighted by Gasteiger charge is -2.12. The number of hydrogen-bond donors (Lipinski definition) is 3. The van der Waals surface area contributed by atoms with Gasteiger partial charge in [-0.05, 0) is 37.3 Å². The first-order valence-electron chi connectivity index (χ1n) is 7.15. The average Bonchev–Trinajstić information content (AvgIpc) is 2.60. The summed E-state index contributed by atoms with van der Waals surface area (Å²) in [6.45, 7) is 1.47. The van der Waals surface area contributed by atoms with Crippen LogP contribution in [0.4, 0.5) is 17.1 Å². The molecule has 0 saturated carbocycles. The van der Waals surface area contributed by atoms with Gasteiger partial charge in [0.2, 0.25) is 0 Å². The summed E-state index contributed by atoms with van der Waals surface area (Å²) in [4.78, 5) is 32.6. The molecule has 0 atom stereocenters. The van der Waals surface area contributed by atoms with E-state index in [1.807, 2.05) is 0 Å². The van der Waals surface area contributed by atoms with Crippen LogP contribution in [-0.4, -0.2) is 20.9 Å². The van der Waals surface area contributed by atoms with Crippen molar-refractivity contribution in [3.05, 3.63) is 73.8 Å². The quantitative estimate of drug-likeness (QED) is 0.411. The van der Waals surface area contributed by atoms with Gasteiger partial charge in [-0.1, -0.05) is 6.07 Å². The number of amides is 1. The van der Waals surface area contributed by atoms with E-state index in [9.17, 15) is 25.0 Å². The topological polar surface area (TPSA) is 139 Å². The van der Waals surface area contributed by atoms with Crippen molar-refractivity contribution in [3.8, 4) is 0 Å². The molecule has 0 aliphatic carbocycles. The molecule has 26 heavy (non-hydrogen) atoms. The van der Waals surface area contributed by atoms with E-state index in [-0.39, 0.29) is 27.6 Å². The van der Waals surface area contributed by atoms with Gasteiger partial charge in [0.1, 0.15) is 0 Å². The smallest absolute Gasteiger partial charge is 0.273 e. The molecule has 11 heteroatoms. The van der Waals surface area contributed by atoms with Gasteiger partial charge in [-0.3, -0.25) is 41.2 Å². The summed E-state index contributed by atoms with van der Waals surface area (Å²) < 4.78 is 0. The second-order valence-electron chi connectivity index (χ2n) is 5.04. The van der Waals surface area contributed by atoms with Crippen molar-refractivity contribution in [1.82, 2.24) is 10.7 Å². The monoisotopic (exact) mass is 375 g/mol. The van der Waals surface area contributed by atoms with E-state index < -0.39 is 15.8 Å². The van der Waals surface area contributed by atoms with Crippen LogP contribution in [0.15, 0.2) is 42.5 Å². The largest absolute Gasteiger partial charge is 0.299 e. The molecule has 0 fully saturated rings. The minimum absolute atomic E-state index is 0.0624. The van der Waals surface area contributed by atoms with E-state index >= 15 is 0 Å². The predicted octanol–water partition coefficient (Wildman–Crippen LogP) is 2.44. The van der Waals surface area contributed by atoms with E-state index in [0.717, 1.165) is 0 Å². The number of nitro groups is 2. The summed E-state index contributed by atoms with van der Waals surface area (Å²) >= 11 is 4.98. The second-order valence-corrected chi connectivity index (χ2v) is 5.45. The van der Waals surface area contributed by atoms with E-state index in [1.54, 1.807) is 0 Å². The maximum Gasteiger partial charge on any atom is 0.273 e. The Morgan fingerprint density at radius 3 is 2.27 bits per heavy atom. The maximum atomic E-state index is 12.2. The lowest BCUT2D eigenvalue weighted by molar-refractivity contribution is -0.385. The Morgan fingerprint density at radius 1 is 1.04 bits per heavy atom. The van der Waals surface area contributed by atoms with Gasteiger partial charge in [0.25, 0.3) is 17.3 Å². The molecular weight excluding hydrogens is 362 g/mol. The molecule has 0 unspecified atom stereocenters. The van der Waals surface area contributed by atoms with Crippen molar-refractivity contribution in [2.75, 3.05) is 5.43 Å². The second kappa shape index (κ2) is 7.98. The maximum absolute atomic E-state index is 12.2. The molecule has 1 amide bonds. The minimum Gasteiger partial charge on any atom is -0.299 e. The molecule has 0 spiro atoms. The summed E-state index contributed by atoms with van der Waals surface area (Å²) in [7, 11) is 0. The third-order valence-electron chi connectivity index (χ3n) is 3.37. The van der Waals surface area contributed by atoms with Crippen LogP contribution in [0.25, 0.3) is 0 Å². The molecule has 134 valence electrons. The first-order valence-corrected chi connectivity index (χ1v) is 7.56. The van der Waals surface area contributed by atoms with E-state index in [1.165, 1.54) is 49.4 Å². The van der Waals surface area contributed by atoms with Crippen molar-refractivity contribution < 1.29 is 14.6 Å². The molecule has 2 aromatic rings. The Bertz CT molecular complexity index is 884. The summed E-state index contributed by atoms with van der Waals surface area (Å²) in [6.07, 6.45) is 0. The number of non-ortho nitro benzene ring substituents is 1. The number of rotatable bonds is 5. The van der Waals surface area contributed by atoms with Gasteiger partial charge in [-0.15, -0.1) is 0 Å². The fraction of sp³-hybridized carbons (Fsp3) is 0.0667. The van der Waals surface area contributed by atoms with Crippen LogP contribution in [0.1, 0.15) is 15.9 Å². The molecule has 0 bridgehead atoms. The van der Waals surface area contributed by atoms with Crippen LogP contribution in [0.2, 0.25) is 0 Å². The number of nitrogens with zero attached hydrogens (tertiary/aromatic N) is 2. The van der Waals surface area contributed by atoms with Crippen molar-refractivity contribution in [3.63, 3.8) is 0 Å². The number of anilines is 1. The summed E-state index contributed by atoms with van der Waals surface area (Å²) in [5.74, 6) is -0.603. The highest BCUT2D eigenvalue weighted by Crippen LogP contribution is 2.21. The number of nitro benzene ring substituents is 2. The Labute approximate surface area is 152 Å². The Kier molecular flexibility index (Phi) is 5.75. The first-order chi connectivity index (χ1) is 12.3. The van der Waals surface area contributed by atoms with Crippen LogP contribution in [-0.2, 0) is 0 Å². The number of carbonyl (C=O) groups is 1. The molecule has 0 aliphatic heterocycles. The molecule has 0 saturated heterocycles. The Hall–Kier alpha value is -3.60. The molecule has 0 radical (unpaired) electrons. The molecule has 10 nitrogen and oxygen atoms in total. The van der Waals surface area contributed by atoms with Gasteiger partial charge < -0.3 is 0 Å². The summed E-state index contributed by atoms with van der Waals surface area (Å²) in [5, 5.41) is 23.8. The normalized spacial score (nSPS) is 9.88. The number of hydrazine groups is 1. The average molecular weight is 375 g/mol. The van der Waals surface area contributed by atoms with Crippen molar-refractivity contribution in [2.24, 2.45) is 0 Å². The van der Waals surface area contributed by atoms with Crippen molar-refractivity contribution in [2.45, 2.75) is 6.92 Å². The molecule has 2 aromatic carbocycles. The first kappa shape index (κ1) is 18.7. The number of hydrogen-bond acceptors (Lipinski definition) is 7. The lowest BCUT2D eigenvalue weighted by atomic mass is 10.1. The SMILES string of the molecule is Cc1c(C(=O)NC(=S)NNc2ccc([N+](=O)[O-])cc2)cccc1[N+](=O)[O-]. The van der Waals surface area contributed by atoms with Crippen LogP contribution in [0.5, 0.6) is 0 Å². The summed E-state index contributed by atoms with van der Waals surface area (Å²) in [5.41, 5.74) is 5.83. The fourth-order valence-electron chi connectivity index (χ4n) is 2.06. The highest BCUT2D eigenvalue weighted by Gasteiger charge is 2.18. The number of benzene rings is 2. The third kappa shape index (κ3) is 4.48. The zero-order valence-corrected chi connectivity index (χ0v) is 14.2. The van der Waals surface area contributed by atoms with Gasteiger partial charge in [0.15, 0.2) is 5.11 Å². The predicted molar refractivity (Wildman–Crippen MR) is 97.8 cm³/mol. The Morgan fingerprint density at radius 2 is 1.69 bits per heavy atom. The molecule has 0 aromatic heterocycles. The zero-order chi connectivity index (χ0) is 19.3. The summed E-state index contributed by atoms with van der Waals surface area (Å²) in [6, 6.07) is 9.69. The van der Waals surface area contributed by atoms with E-state index in [0.29, 0.717) is 5.69 Å². The van der Waals surface area contributed by atoms with E-state index in [4.69, 9.17) is 12.2 Å². The number of carbonyl (C=O) groups excluding carboxylic acids is 1. The van der Waals surface area contributed by atoms with Crippen LogP contribution >= 0.6 is 12.2 Å². The molecule has 0 aliphatic rings. The fourth-order valence-corrected chi connectivity index (χ4v) is 2.21. The van der Waals surface area contributed by atoms with Crippen molar-refractivity contribution >= 4 is 40.3 Å². The van der Waals surface area contributed by atoms with Crippen molar-refractivity contribution in [1.29, 1.82) is 0 Å². The van der Waals surface area contributed by atoms with Gasteiger partial charge in [0.05, 0.1) is 15.5 Å². The standard InChI is InChI=1S/C15H13N5O5S/c1-9-12(3-2-4-13(9)20(24)25)14(21)16-15(26)18-17-10-5-7-11(8-6-10)19(22)23/h2-8,17H,1H3,(H2,16,18,21,26). The number of thiocarbonyl (C=S) groups is 1. The highest BCUT2D eigenvalue weighted by atomic mass is 32.1. The van der Waals surface area contributed by atoms with Crippen LogP contribution in [0, 0.1) is 27.2 Å². The number of nitrogens with one attached hydrogen (secondary N) is 3. The third-order valence-corrected chi connectivity index (χ3v) is 3.58. The van der Waals surface area contributed by atoms with Crippen LogP contribution < -0.4 is 16.2 Å². The molecular formula is C15H13N5O5S. The zero-order valence-electron chi connectivity index (χ0n) is 13.4. The van der Waals surface area contributed by atoms with Crippen LogP contribution in [0.3, 0.4) is 0 Å². The Balaban J connectivity index is 1.97. The van der Waals surface area contributed by atoms with Gasteiger partial charge in [-0.25, -0.2) is 0 Å². The highest BCUT2D eigenvalue weighted by molar-refractivity contribution is 7.80.